The lowest BCUT2D eigenvalue weighted by molar-refractivity contribution is -0.130. The minimum Gasteiger partial charge on any atom is -0.496 e. The third-order valence-electron chi connectivity index (χ3n) is 6.86. The number of hydrogen-bond donors (Lipinski definition) is 1. The fourth-order valence-electron chi connectivity index (χ4n) is 4.83. The van der Waals surface area contributed by atoms with Crippen LogP contribution in [0.2, 0.25) is 0 Å². The number of alkyl halides is 3. The average molecular weight is 565 g/mol. The van der Waals surface area contributed by atoms with Gasteiger partial charge in [-0.1, -0.05) is 6.07 Å². The highest BCUT2D eigenvalue weighted by Gasteiger charge is 2.34. The highest BCUT2D eigenvalue weighted by atomic mass is 32.2. The number of hydrogen-bond acceptors (Lipinski definition) is 7. The van der Waals surface area contributed by atoms with Crippen molar-refractivity contribution in [2.75, 3.05) is 24.7 Å². The van der Waals surface area contributed by atoms with Crippen LogP contribution in [0.4, 0.5) is 19.0 Å². The number of ether oxygens (including phenoxy) is 1. The second-order valence-corrected chi connectivity index (χ2v) is 11.6. The van der Waals surface area contributed by atoms with Gasteiger partial charge in [0, 0.05) is 26.1 Å². The number of carbonyl (C=O) groups is 1. The molecule has 39 heavy (non-hydrogen) atoms. The highest BCUT2D eigenvalue weighted by Crippen LogP contribution is 2.31. The summed E-state index contributed by atoms with van der Waals surface area (Å²) in [7, 11) is -2.71. The number of methoxy groups -OCH3 is 1. The van der Waals surface area contributed by atoms with Gasteiger partial charge in [-0.3, -0.25) is 4.79 Å². The lowest BCUT2D eigenvalue weighted by atomic mass is 9.97. The van der Waals surface area contributed by atoms with Crippen LogP contribution in [0.5, 0.6) is 5.75 Å². The molecule has 0 spiro atoms. The molecule has 4 heterocycles. The highest BCUT2D eigenvalue weighted by molar-refractivity contribution is 7.89. The van der Waals surface area contributed by atoms with Crippen molar-refractivity contribution in [1.29, 1.82) is 0 Å². The number of nitrogens with one attached hydrogen (secondary N) is 1. The lowest BCUT2D eigenvalue weighted by Crippen LogP contribution is -2.38. The van der Waals surface area contributed by atoms with Crippen LogP contribution in [0, 0.1) is 0 Å². The quantitative estimate of drug-likeness (QED) is 0.466. The number of fused-ring (bicyclic) bond motifs is 2. The molecule has 14 heteroatoms. The largest absolute Gasteiger partial charge is 0.496 e. The summed E-state index contributed by atoms with van der Waals surface area (Å²) >= 11 is 0. The number of aryl methyl sites for hydroxylation is 1. The van der Waals surface area contributed by atoms with Crippen molar-refractivity contribution < 1.29 is 31.1 Å². The van der Waals surface area contributed by atoms with E-state index in [-0.39, 0.29) is 30.9 Å². The van der Waals surface area contributed by atoms with E-state index in [4.69, 9.17) is 4.74 Å². The Morgan fingerprint density at radius 2 is 1.92 bits per heavy atom. The average Bonchev–Trinajstić information content (AvgIpc) is 3.35. The number of rotatable bonds is 7. The summed E-state index contributed by atoms with van der Waals surface area (Å²) in [6, 6.07) is 8.35. The molecule has 1 aromatic carbocycles. The Kier molecular flexibility index (Phi) is 7.33. The SMILES string of the molecule is COc1cc2c(cc1C(=O)Nc1cccc(-c3nnc4n3CCCC4)n1)CN(S(=O)(=O)CCC(F)(F)F)CC2. The molecule has 1 N–H and O–H groups in total. The molecule has 0 saturated carbocycles. The van der Waals surface area contributed by atoms with Gasteiger partial charge in [-0.2, -0.15) is 17.5 Å². The van der Waals surface area contributed by atoms with Gasteiger partial charge in [-0.25, -0.2) is 13.4 Å². The van der Waals surface area contributed by atoms with Gasteiger partial charge in [-0.05, 0) is 54.7 Å². The van der Waals surface area contributed by atoms with E-state index in [0.29, 0.717) is 22.8 Å². The predicted octanol–water partition coefficient (Wildman–Crippen LogP) is 3.58. The minimum atomic E-state index is -4.57. The molecule has 0 saturated heterocycles. The van der Waals surface area contributed by atoms with Crippen LogP contribution in [-0.4, -0.2) is 64.0 Å². The molecule has 0 fully saturated rings. The van der Waals surface area contributed by atoms with Crippen LogP contribution in [-0.2, 0) is 36.0 Å². The van der Waals surface area contributed by atoms with Gasteiger partial charge in [0.25, 0.3) is 5.91 Å². The molecule has 1 amide bonds. The number of nitrogens with zero attached hydrogens (tertiary/aromatic N) is 5. The number of aromatic nitrogens is 4. The van der Waals surface area contributed by atoms with Gasteiger partial charge in [0.05, 0.1) is 24.8 Å². The van der Waals surface area contributed by atoms with E-state index >= 15 is 0 Å². The summed E-state index contributed by atoms with van der Waals surface area (Å²) in [5.41, 5.74) is 2.00. The second kappa shape index (κ2) is 10.6. The van der Waals surface area contributed by atoms with E-state index in [1.165, 1.54) is 13.2 Å². The van der Waals surface area contributed by atoms with Crippen molar-refractivity contribution in [3.05, 3.63) is 52.8 Å². The Hall–Kier alpha value is -3.52. The third kappa shape index (κ3) is 5.91. The van der Waals surface area contributed by atoms with Gasteiger partial charge in [0.2, 0.25) is 10.0 Å². The van der Waals surface area contributed by atoms with E-state index in [9.17, 15) is 26.4 Å². The van der Waals surface area contributed by atoms with E-state index in [2.05, 4.69) is 20.5 Å². The van der Waals surface area contributed by atoms with Crippen molar-refractivity contribution in [1.82, 2.24) is 24.1 Å². The van der Waals surface area contributed by atoms with Crippen LogP contribution in [0.15, 0.2) is 30.3 Å². The smallest absolute Gasteiger partial charge is 0.390 e. The molecule has 2 aliphatic rings. The summed E-state index contributed by atoms with van der Waals surface area (Å²) in [5, 5.41) is 11.3. The molecular weight excluding hydrogens is 537 g/mol. The molecule has 208 valence electrons. The maximum atomic E-state index is 13.3. The molecule has 10 nitrogen and oxygen atoms in total. The summed E-state index contributed by atoms with van der Waals surface area (Å²) in [6.45, 7) is 0.710. The summed E-state index contributed by atoms with van der Waals surface area (Å²) < 4.78 is 71.4. The minimum absolute atomic E-state index is 0.0466. The summed E-state index contributed by atoms with van der Waals surface area (Å²) in [5.74, 6) is 0.551. The third-order valence-corrected chi connectivity index (χ3v) is 8.68. The van der Waals surface area contributed by atoms with Crippen molar-refractivity contribution >= 4 is 21.7 Å². The van der Waals surface area contributed by atoms with E-state index < -0.39 is 34.3 Å². The second-order valence-electron chi connectivity index (χ2n) is 9.50. The number of sulfonamides is 1. The molecule has 0 aliphatic carbocycles. The molecule has 0 unspecified atom stereocenters. The molecule has 0 atom stereocenters. The van der Waals surface area contributed by atoms with Crippen LogP contribution in [0.25, 0.3) is 11.5 Å². The lowest BCUT2D eigenvalue weighted by Gasteiger charge is -2.29. The van der Waals surface area contributed by atoms with Crippen molar-refractivity contribution in [2.45, 2.75) is 51.4 Å². The Bertz CT molecular complexity index is 1510. The fourth-order valence-corrected chi connectivity index (χ4v) is 6.28. The number of pyridine rings is 1. The van der Waals surface area contributed by atoms with Crippen LogP contribution in [0.3, 0.4) is 0 Å². The first-order chi connectivity index (χ1) is 18.5. The van der Waals surface area contributed by atoms with Crippen LogP contribution >= 0.6 is 0 Å². The zero-order valence-electron chi connectivity index (χ0n) is 21.2. The first kappa shape index (κ1) is 27.1. The number of carbonyl (C=O) groups excluding carboxylic acids is 1. The van der Waals surface area contributed by atoms with Crippen LogP contribution < -0.4 is 10.1 Å². The fraction of sp³-hybridized carbons (Fsp3) is 0.440. The van der Waals surface area contributed by atoms with E-state index in [0.717, 1.165) is 41.5 Å². The van der Waals surface area contributed by atoms with Gasteiger partial charge < -0.3 is 14.6 Å². The van der Waals surface area contributed by atoms with Crippen molar-refractivity contribution in [3.8, 4) is 17.3 Å². The number of anilines is 1. The van der Waals surface area contributed by atoms with Crippen molar-refractivity contribution in [3.63, 3.8) is 0 Å². The monoisotopic (exact) mass is 564 g/mol. The number of halogens is 3. The maximum absolute atomic E-state index is 13.3. The first-order valence-electron chi connectivity index (χ1n) is 12.5. The molecule has 0 radical (unpaired) electrons. The Morgan fingerprint density at radius 3 is 2.69 bits per heavy atom. The predicted molar refractivity (Wildman–Crippen MR) is 136 cm³/mol. The number of benzene rings is 1. The molecular formula is C25H27F3N6O4S. The Balaban J connectivity index is 1.36. The normalized spacial score (nSPS) is 15.9. The molecule has 2 aromatic heterocycles. The standard InChI is InChI=1S/C25H27F3N6O4S/c1-38-20-14-16-8-11-33(39(36,37)12-9-25(26,27)28)15-17(16)13-18(20)24(35)30-21-6-4-5-19(29-21)23-32-31-22-7-2-3-10-34(22)23/h4-6,13-14H,2-3,7-12,15H2,1H3,(H,29,30,35). The zero-order valence-corrected chi connectivity index (χ0v) is 22.0. The Morgan fingerprint density at radius 1 is 1.10 bits per heavy atom. The maximum Gasteiger partial charge on any atom is 0.390 e. The van der Waals surface area contributed by atoms with Crippen molar-refractivity contribution in [2.24, 2.45) is 0 Å². The first-order valence-corrected chi connectivity index (χ1v) is 14.1. The summed E-state index contributed by atoms with van der Waals surface area (Å²) in [6.07, 6.45) is -2.78. The summed E-state index contributed by atoms with van der Waals surface area (Å²) in [4.78, 5) is 17.8. The van der Waals surface area contributed by atoms with Gasteiger partial charge >= 0.3 is 6.18 Å². The molecule has 2 aliphatic heterocycles. The van der Waals surface area contributed by atoms with Gasteiger partial charge in [-0.15, -0.1) is 10.2 Å². The molecule has 0 bridgehead atoms. The zero-order chi connectivity index (χ0) is 27.8. The number of amides is 1. The molecule has 5 rings (SSSR count). The van der Waals surface area contributed by atoms with Gasteiger partial charge in [0.1, 0.15) is 23.1 Å². The van der Waals surface area contributed by atoms with Crippen LogP contribution in [0.1, 0.15) is 46.6 Å². The topological polar surface area (TPSA) is 119 Å². The van der Waals surface area contributed by atoms with E-state index in [1.807, 2.05) is 4.57 Å². The van der Waals surface area contributed by atoms with Gasteiger partial charge in [0.15, 0.2) is 5.82 Å². The van der Waals surface area contributed by atoms with E-state index in [1.54, 1.807) is 24.3 Å². The Labute approximate surface area is 223 Å². The molecule has 3 aromatic rings.